The molecule has 0 fully saturated rings. The normalized spacial score (nSPS) is 13.7. The van der Waals surface area contributed by atoms with Crippen LogP contribution in [0.15, 0.2) is 29.3 Å². The fourth-order valence-corrected chi connectivity index (χ4v) is 3.19. The number of hydrogen-bond donors (Lipinski definition) is 2. The molecule has 0 aliphatic heterocycles. The van der Waals surface area contributed by atoms with E-state index in [2.05, 4.69) is 35.9 Å². The molecule has 6 nitrogen and oxygen atoms in total. The van der Waals surface area contributed by atoms with Crippen LogP contribution in [0.1, 0.15) is 45.0 Å². The second kappa shape index (κ2) is 6.76. The fourth-order valence-electron chi connectivity index (χ4n) is 2.45. The summed E-state index contributed by atoms with van der Waals surface area (Å²) in [6.45, 7) is 10.00. The summed E-state index contributed by atoms with van der Waals surface area (Å²) in [5, 5.41) is 7.61. The van der Waals surface area contributed by atoms with E-state index in [-0.39, 0.29) is 22.2 Å². The molecule has 2 rings (SSSR count). The van der Waals surface area contributed by atoms with Gasteiger partial charge in [-0.05, 0) is 59.9 Å². The molecule has 0 bridgehead atoms. The second-order valence-corrected chi connectivity index (χ2v) is 8.89. The molecule has 2 N–H and O–H groups in total. The van der Waals surface area contributed by atoms with E-state index in [1.807, 2.05) is 24.7 Å². The lowest BCUT2D eigenvalue weighted by molar-refractivity contribution is 0.354. The van der Waals surface area contributed by atoms with Crippen LogP contribution in [-0.4, -0.2) is 25.2 Å². The van der Waals surface area contributed by atoms with Crippen molar-refractivity contribution in [1.29, 1.82) is 0 Å². The summed E-state index contributed by atoms with van der Waals surface area (Å²) < 4.78 is 41.8. The summed E-state index contributed by atoms with van der Waals surface area (Å²) in [6, 6.07) is 3.62. The van der Waals surface area contributed by atoms with Crippen molar-refractivity contribution in [3.8, 4) is 0 Å². The molecule has 0 aliphatic carbocycles. The van der Waals surface area contributed by atoms with Crippen LogP contribution in [0.5, 0.6) is 0 Å². The van der Waals surface area contributed by atoms with Gasteiger partial charge in [-0.1, -0.05) is 0 Å². The molecule has 0 amide bonds. The van der Waals surface area contributed by atoms with Crippen molar-refractivity contribution < 1.29 is 12.8 Å². The quantitative estimate of drug-likeness (QED) is 0.850. The van der Waals surface area contributed by atoms with Crippen molar-refractivity contribution in [2.24, 2.45) is 0 Å². The number of nitrogens with one attached hydrogen (secondary N) is 2. The molecule has 8 heteroatoms. The molecular weight excluding hydrogens is 343 g/mol. The number of hydrogen-bond acceptors (Lipinski definition) is 4. The Balaban J connectivity index is 2.27. The Bertz CT molecular complexity index is 869. The Morgan fingerprint density at radius 3 is 2.40 bits per heavy atom. The van der Waals surface area contributed by atoms with Crippen molar-refractivity contribution >= 4 is 15.7 Å². The summed E-state index contributed by atoms with van der Waals surface area (Å²) in [5.74, 6) is -0.621. The summed E-state index contributed by atoms with van der Waals surface area (Å²) in [5.41, 5.74) is 1.92. The molecule has 25 heavy (non-hydrogen) atoms. The number of aromatic nitrogens is 2. The van der Waals surface area contributed by atoms with Gasteiger partial charge in [-0.25, -0.2) is 17.5 Å². The third kappa shape index (κ3) is 4.19. The lowest BCUT2D eigenvalue weighted by atomic mass is 10.1. The second-order valence-electron chi connectivity index (χ2n) is 7.00. The Morgan fingerprint density at radius 1 is 1.28 bits per heavy atom. The maximum absolute atomic E-state index is 14.3. The molecule has 1 atom stereocenters. The highest BCUT2D eigenvalue weighted by atomic mass is 32.2. The first-order chi connectivity index (χ1) is 11.5. The molecule has 0 saturated heterocycles. The third-order valence-electron chi connectivity index (χ3n) is 3.98. The summed E-state index contributed by atoms with van der Waals surface area (Å²) in [4.78, 5) is -0.109. The van der Waals surface area contributed by atoms with E-state index >= 15 is 0 Å². The van der Waals surface area contributed by atoms with Gasteiger partial charge in [0.1, 0.15) is 5.82 Å². The highest BCUT2D eigenvalue weighted by Crippen LogP contribution is 2.26. The van der Waals surface area contributed by atoms with Crippen LogP contribution < -0.4 is 10.0 Å². The lowest BCUT2D eigenvalue weighted by Crippen LogP contribution is -2.22. The minimum atomic E-state index is -3.67. The van der Waals surface area contributed by atoms with E-state index in [0.717, 1.165) is 17.3 Å². The van der Waals surface area contributed by atoms with Gasteiger partial charge in [0.25, 0.3) is 0 Å². The highest BCUT2D eigenvalue weighted by Gasteiger charge is 2.20. The van der Waals surface area contributed by atoms with E-state index in [1.165, 1.54) is 19.2 Å². The van der Waals surface area contributed by atoms with Crippen molar-refractivity contribution in [3.05, 3.63) is 41.5 Å². The molecule has 0 aliphatic rings. The first-order valence-corrected chi connectivity index (χ1v) is 9.50. The van der Waals surface area contributed by atoms with Crippen LogP contribution >= 0.6 is 0 Å². The minimum Gasteiger partial charge on any atom is -0.376 e. The SMILES string of the molecule is CNS(=O)(=O)c1ccc(NC(C)c2cn(C(C)(C)C)nc2C)c(F)c1. The van der Waals surface area contributed by atoms with E-state index in [9.17, 15) is 12.8 Å². The van der Waals surface area contributed by atoms with Crippen LogP contribution in [0.2, 0.25) is 0 Å². The average molecular weight is 368 g/mol. The molecule has 1 unspecified atom stereocenters. The largest absolute Gasteiger partial charge is 0.376 e. The number of rotatable bonds is 5. The molecule has 0 saturated carbocycles. The zero-order valence-electron chi connectivity index (χ0n) is 15.4. The van der Waals surface area contributed by atoms with Gasteiger partial charge in [0.05, 0.1) is 27.9 Å². The zero-order chi connectivity index (χ0) is 19.0. The molecular formula is C17H25FN4O2S. The smallest absolute Gasteiger partial charge is 0.240 e. The van der Waals surface area contributed by atoms with Gasteiger partial charge in [-0.2, -0.15) is 5.10 Å². The molecule has 1 aromatic heterocycles. The van der Waals surface area contributed by atoms with Crippen molar-refractivity contribution in [2.45, 2.75) is 51.1 Å². The Labute approximate surface area is 148 Å². The average Bonchev–Trinajstić information content (AvgIpc) is 2.91. The number of nitrogens with zero attached hydrogens (tertiary/aromatic N) is 2. The van der Waals surface area contributed by atoms with E-state index in [4.69, 9.17) is 0 Å². The zero-order valence-corrected chi connectivity index (χ0v) is 16.2. The first kappa shape index (κ1) is 19.4. The van der Waals surface area contributed by atoms with Crippen molar-refractivity contribution in [2.75, 3.05) is 12.4 Å². The van der Waals surface area contributed by atoms with Gasteiger partial charge in [0, 0.05) is 11.8 Å². The molecule has 138 valence electrons. The van der Waals surface area contributed by atoms with Crippen LogP contribution in [0.3, 0.4) is 0 Å². The van der Waals surface area contributed by atoms with Crippen LogP contribution in [0, 0.1) is 12.7 Å². The van der Waals surface area contributed by atoms with E-state index in [0.29, 0.717) is 0 Å². The summed E-state index contributed by atoms with van der Waals surface area (Å²) in [6.07, 6.45) is 1.95. The fraction of sp³-hybridized carbons (Fsp3) is 0.471. The number of benzene rings is 1. The van der Waals surface area contributed by atoms with Gasteiger partial charge in [0.2, 0.25) is 10.0 Å². The molecule has 0 spiro atoms. The number of halogens is 1. The van der Waals surface area contributed by atoms with Crippen LogP contribution in [0.4, 0.5) is 10.1 Å². The van der Waals surface area contributed by atoms with Crippen LogP contribution in [0.25, 0.3) is 0 Å². The van der Waals surface area contributed by atoms with E-state index < -0.39 is 15.8 Å². The maximum Gasteiger partial charge on any atom is 0.240 e. The monoisotopic (exact) mass is 368 g/mol. The molecule has 0 radical (unpaired) electrons. The summed E-state index contributed by atoms with van der Waals surface area (Å²) in [7, 11) is -2.38. The van der Waals surface area contributed by atoms with Gasteiger partial charge in [-0.15, -0.1) is 0 Å². The standard InChI is InChI=1S/C17H25FN4O2S/c1-11(14-10-22(17(3,4)5)21-12(14)2)20-16-8-7-13(9-15(16)18)25(23,24)19-6/h7-11,19-20H,1-6H3. The Morgan fingerprint density at radius 2 is 1.92 bits per heavy atom. The predicted octanol–water partition coefficient (Wildman–Crippen LogP) is 3.17. The number of sulfonamides is 1. The summed E-state index contributed by atoms with van der Waals surface area (Å²) >= 11 is 0. The minimum absolute atomic E-state index is 0.109. The topological polar surface area (TPSA) is 76.0 Å². The van der Waals surface area contributed by atoms with Gasteiger partial charge in [0.15, 0.2) is 0 Å². The van der Waals surface area contributed by atoms with E-state index in [1.54, 1.807) is 0 Å². The van der Waals surface area contributed by atoms with Crippen molar-refractivity contribution in [3.63, 3.8) is 0 Å². The van der Waals surface area contributed by atoms with Crippen molar-refractivity contribution in [1.82, 2.24) is 14.5 Å². The number of anilines is 1. The maximum atomic E-state index is 14.3. The predicted molar refractivity (Wildman–Crippen MR) is 96.6 cm³/mol. The first-order valence-electron chi connectivity index (χ1n) is 8.02. The van der Waals surface area contributed by atoms with Gasteiger partial charge >= 0.3 is 0 Å². The van der Waals surface area contributed by atoms with Crippen LogP contribution in [-0.2, 0) is 15.6 Å². The third-order valence-corrected chi connectivity index (χ3v) is 5.39. The lowest BCUT2D eigenvalue weighted by Gasteiger charge is -2.19. The molecule has 1 aromatic carbocycles. The van der Waals surface area contributed by atoms with Gasteiger partial charge in [-0.3, -0.25) is 4.68 Å². The van der Waals surface area contributed by atoms with Gasteiger partial charge < -0.3 is 5.32 Å². The Hall–Kier alpha value is -1.93. The highest BCUT2D eigenvalue weighted by molar-refractivity contribution is 7.89. The molecule has 1 heterocycles. The number of aryl methyl sites for hydroxylation is 1. The Kier molecular flexibility index (Phi) is 5.24. The molecule has 2 aromatic rings.